The second kappa shape index (κ2) is 11.2. The molecule has 0 aliphatic heterocycles. The van der Waals surface area contributed by atoms with Gasteiger partial charge in [-0.2, -0.15) is 0 Å². The van der Waals surface area contributed by atoms with Crippen LogP contribution in [0, 0.1) is 5.82 Å². The fraction of sp³-hybridized carbons (Fsp3) is 0.364. The summed E-state index contributed by atoms with van der Waals surface area (Å²) in [6.45, 7) is 5.73. The third kappa shape index (κ3) is 7.37. The highest BCUT2D eigenvalue weighted by Crippen LogP contribution is 2.19. The monoisotopic (exact) mass is 436 g/mol. The summed E-state index contributed by atoms with van der Waals surface area (Å²) in [4.78, 5) is 27.0. The summed E-state index contributed by atoms with van der Waals surface area (Å²) >= 11 is 7.39. The molecule has 0 spiro atoms. The second-order valence-electron chi connectivity index (χ2n) is 7.08. The van der Waals surface area contributed by atoms with Crippen molar-refractivity contribution in [2.75, 3.05) is 5.75 Å². The number of nitrogens with zero attached hydrogens (tertiary/aromatic N) is 1. The molecule has 0 aromatic heterocycles. The number of rotatable bonds is 9. The lowest BCUT2D eigenvalue weighted by Crippen LogP contribution is -2.49. The highest BCUT2D eigenvalue weighted by Gasteiger charge is 2.26. The molecule has 0 saturated heterocycles. The Balaban J connectivity index is 2.09. The zero-order chi connectivity index (χ0) is 21.4. The molecule has 0 saturated carbocycles. The maximum Gasteiger partial charge on any atom is 0.242 e. The smallest absolute Gasteiger partial charge is 0.242 e. The van der Waals surface area contributed by atoms with Gasteiger partial charge >= 0.3 is 0 Å². The summed E-state index contributed by atoms with van der Waals surface area (Å²) in [5, 5.41) is 3.42. The maximum atomic E-state index is 13.8. The quantitative estimate of drug-likeness (QED) is 0.622. The third-order valence-corrected chi connectivity index (χ3v) is 5.48. The molecule has 1 atom stereocenters. The van der Waals surface area contributed by atoms with Crippen LogP contribution < -0.4 is 5.32 Å². The van der Waals surface area contributed by atoms with E-state index in [1.807, 2.05) is 26.0 Å². The van der Waals surface area contributed by atoms with Crippen molar-refractivity contribution in [3.05, 3.63) is 70.5 Å². The van der Waals surface area contributed by atoms with Crippen molar-refractivity contribution in [3.63, 3.8) is 0 Å². The molecular formula is C22H26ClFN2O2S. The Morgan fingerprint density at radius 1 is 1.14 bits per heavy atom. The van der Waals surface area contributed by atoms with Crippen LogP contribution in [0.15, 0.2) is 48.5 Å². The molecule has 2 aromatic carbocycles. The van der Waals surface area contributed by atoms with E-state index in [9.17, 15) is 14.0 Å². The first kappa shape index (κ1) is 23.2. The fourth-order valence-corrected chi connectivity index (χ4v) is 3.88. The Labute approximate surface area is 180 Å². The molecule has 0 aliphatic carbocycles. The lowest BCUT2D eigenvalue weighted by Gasteiger charge is -2.29. The van der Waals surface area contributed by atoms with Gasteiger partial charge in [0.25, 0.3) is 0 Å². The van der Waals surface area contributed by atoms with Gasteiger partial charge < -0.3 is 10.2 Å². The first-order valence-electron chi connectivity index (χ1n) is 9.43. The highest BCUT2D eigenvalue weighted by molar-refractivity contribution is 7.99. The number of thioether (sulfide) groups is 1. The molecule has 156 valence electrons. The Kier molecular flexibility index (Phi) is 8.99. The summed E-state index contributed by atoms with van der Waals surface area (Å²) in [6.07, 6.45) is 0. The number of hydrogen-bond acceptors (Lipinski definition) is 3. The summed E-state index contributed by atoms with van der Waals surface area (Å²) in [5.41, 5.74) is 1.39. The predicted octanol–water partition coefficient (Wildman–Crippen LogP) is 4.65. The predicted molar refractivity (Wildman–Crippen MR) is 117 cm³/mol. The number of halogens is 2. The van der Waals surface area contributed by atoms with Crippen LogP contribution in [0.3, 0.4) is 0 Å². The molecule has 0 radical (unpaired) electrons. The molecule has 2 amide bonds. The van der Waals surface area contributed by atoms with E-state index in [4.69, 9.17) is 11.6 Å². The molecule has 0 fully saturated rings. The Morgan fingerprint density at radius 2 is 1.86 bits per heavy atom. The SMILES string of the molecule is CC(C)NC(=O)[C@H](C)N(Cc1cccc(Cl)c1)C(=O)CSCc1ccccc1F. The summed E-state index contributed by atoms with van der Waals surface area (Å²) in [6, 6.07) is 13.1. The minimum absolute atomic E-state index is 0.0245. The van der Waals surface area contributed by atoms with E-state index in [1.54, 1.807) is 37.3 Å². The highest BCUT2D eigenvalue weighted by atomic mass is 35.5. The zero-order valence-electron chi connectivity index (χ0n) is 16.8. The maximum absolute atomic E-state index is 13.8. The van der Waals surface area contributed by atoms with Gasteiger partial charge in [-0.1, -0.05) is 41.9 Å². The summed E-state index contributed by atoms with van der Waals surface area (Å²) in [7, 11) is 0. The van der Waals surface area contributed by atoms with Gasteiger partial charge in [-0.3, -0.25) is 9.59 Å². The van der Waals surface area contributed by atoms with Crippen LogP contribution in [0.25, 0.3) is 0 Å². The molecule has 0 bridgehead atoms. The van der Waals surface area contributed by atoms with Crippen LogP contribution in [-0.4, -0.2) is 34.6 Å². The molecule has 2 aromatic rings. The topological polar surface area (TPSA) is 49.4 Å². The van der Waals surface area contributed by atoms with Crippen molar-refractivity contribution < 1.29 is 14.0 Å². The van der Waals surface area contributed by atoms with Gasteiger partial charge in [-0.15, -0.1) is 11.8 Å². The van der Waals surface area contributed by atoms with Crippen LogP contribution >= 0.6 is 23.4 Å². The number of carbonyl (C=O) groups excluding carboxylic acids is 2. The lowest BCUT2D eigenvalue weighted by atomic mass is 10.1. The largest absolute Gasteiger partial charge is 0.352 e. The van der Waals surface area contributed by atoms with Gasteiger partial charge in [0.2, 0.25) is 11.8 Å². The van der Waals surface area contributed by atoms with Gasteiger partial charge in [0.15, 0.2) is 0 Å². The lowest BCUT2D eigenvalue weighted by molar-refractivity contribution is -0.138. The molecule has 2 rings (SSSR count). The average Bonchev–Trinajstić information content (AvgIpc) is 2.66. The van der Waals surface area contributed by atoms with Crippen molar-refractivity contribution in [2.24, 2.45) is 0 Å². The van der Waals surface area contributed by atoms with Gasteiger partial charge in [0.1, 0.15) is 11.9 Å². The van der Waals surface area contributed by atoms with E-state index in [0.717, 1.165) is 5.56 Å². The normalized spacial score (nSPS) is 11.9. The number of amides is 2. The molecule has 7 heteroatoms. The van der Waals surface area contributed by atoms with Crippen molar-refractivity contribution >= 4 is 35.2 Å². The fourth-order valence-electron chi connectivity index (χ4n) is 2.77. The van der Waals surface area contributed by atoms with Crippen LogP contribution in [0.4, 0.5) is 4.39 Å². The van der Waals surface area contributed by atoms with Crippen LogP contribution in [-0.2, 0) is 21.9 Å². The van der Waals surface area contributed by atoms with Crippen molar-refractivity contribution in [3.8, 4) is 0 Å². The van der Waals surface area contributed by atoms with E-state index in [0.29, 0.717) is 16.3 Å². The van der Waals surface area contributed by atoms with Crippen molar-refractivity contribution in [1.82, 2.24) is 10.2 Å². The Morgan fingerprint density at radius 3 is 2.52 bits per heavy atom. The van der Waals surface area contributed by atoms with Crippen LogP contribution in [0.2, 0.25) is 5.02 Å². The molecule has 4 nitrogen and oxygen atoms in total. The molecule has 0 unspecified atom stereocenters. The number of carbonyl (C=O) groups is 2. The molecule has 0 aliphatic rings. The van der Waals surface area contributed by atoms with E-state index in [1.165, 1.54) is 22.7 Å². The number of benzene rings is 2. The minimum atomic E-state index is -0.641. The van der Waals surface area contributed by atoms with Gasteiger partial charge in [-0.05, 0) is 50.1 Å². The zero-order valence-corrected chi connectivity index (χ0v) is 18.4. The van der Waals surface area contributed by atoms with Gasteiger partial charge in [-0.25, -0.2) is 4.39 Å². The molecular weight excluding hydrogens is 411 g/mol. The minimum Gasteiger partial charge on any atom is -0.352 e. The molecule has 29 heavy (non-hydrogen) atoms. The van der Waals surface area contributed by atoms with E-state index in [-0.39, 0.29) is 36.0 Å². The second-order valence-corrected chi connectivity index (χ2v) is 8.50. The number of hydrogen-bond donors (Lipinski definition) is 1. The first-order valence-corrected chi connectivity index (χ1v) is 11.0. The van der Waals surface area contributed by atoms with E-state index < -0.39 is 6.04 Å². The van der Waals surface area contributed by atoms with Crippen LogP contribution in [0.1, 0.15) is 31.9 Å². The summed E-state index contributed by atoms with van der Waals surface area (Å²) in [5.74, 6) is -0.149. The Bertz CT molecular complexity index is 847. The Hall–Kier alpha value is -2.05. The van der Waals surface area contributed by atoms with E-state index in [2.05, 4.69) is 5.32 Å². The van der Waals surface area contributed by atoms with Gasteiger partial charge in [0.05, 0.1) is 5.75 Å². The molecule has 1 N–H and O–H groups in total. The van der Waals surface area contributed by atoms with Gasteiger partial charge in [0, 0.05) is 23.4 Å². The van der Waals surface area contributed by atoms with Crippen LogP contribution in [0.5, 0.6) is 0 Å². The van der Waals surface area contributed by atoms with Crippen molar-refractivity contribution in [2.45, 2.75) is 45.2 Å². The first-order chi connectivity index (χ1) is 13.8. The van der Waals surface area contributed by atoms with E-state index >= 15 is 0 Å². The molecule has 0 heterocycles. The summed E-state index contributed by atoms with van der Waals surface area (Å²) < 4.78 is 13.8. The third-order valence-electron chi connectivity index (χ3n) is 4.28. The van der Waals surface area contributed by atoms with Crippen molar-refractivity contribution in [1.29, 1.82) is 0 Å². The standard InChI is InChI=1S/C22H26ClFN2O2S/c1-15(2)25-22(28)16(3)26(12-17-7-6-9-19(23)11-17)21(27)14-29-13-18-8-4-5-10-20(18)24/h4-11,15-16H,12-14H2,1-3H3,(H,25,28)/t16-/m0/s1. The average molecular weight is 437 g/mol. The number of nitrogens with one attached hydrogen (secondary N) is 1.